The van der Waals surface area contributed by atoms with Gasteiger partial charge in [0.25, 0.3) is 5.56 Å². The number of aryl methyl sites for hydroxylation is 2. The molecule has 114 valence electrons. The zero-order valence-corrected chi connectivity index (χ0v) is 12.9. The van der Waals surface area contributed by atoms with E-state index < -0.39 is 9.84 Å². The predicted octanol–water partition coefficient (Wildman–Crippen LogP) is 1.88. The van der Waals surface area contributed by atoms with E-state index in [4.69, 9.17) is 4.42 Å². The molecule has 0 amide bonds. The normalized spacial score (nSPS) is 11.9. The van der Waals surface area contributed by atoms with Crippen LogP contribution in [0.1, 0.15) is 17.0 Å². The lowest BCUT2D eigenvalue weighted by Gasteiger charge is -2.06. The lowest BCUT2D eigenvalue weighted by atomic mass is 10.3. The summed E-state index contributed by atoms with van der Waals surface area (Å²) < 4.78 is 31.2. The van der Waals surface area contributed by atoms with Gasteiger partial charge in [-0.3, -0.25) is 9.20 Å². The van der Waals surface area contributed by atoms with Crippen LogP contribution >= 0.6 is 0 Å². The minimum absolute atomic E-state index is 0.124. The summed E-state index contributed by atoms with van der Waals surface area (Å²) in [5.74, 6) is -0.0123. The quantitative estimate of drug-likeness (QED) is 0.736. The van der Waals surface area contributed by atoms with E-state index in [1.165, 1.54) is 22.8 Å². The lowest BCUT2D eigenvalue weighted by Crippen LogP contribution is -2.18. The molecule has 0 aliphatic rings. The van der Waals surface area contributed by atoms with E-state index in [0.29, 0.717) is 11.4 Å². The molecular formula is C15H14N2O4S. The largest absolute Gasteiger partial charge is 0.468 e. The maximum Gasteiger partial charge on any atom is 0.258 e. The third kappa shape index (κ3) is 2.43. The molecule has 0 unspecified atom stereocenters. The Morgan fingerprint density at radius 2 is 2.05 bits per heavy atom. The summed E-state index contributed by atoms with van der Waals surface area (Å²) in [5.41, 5.74) is 1.19. The molecule has 3 heterocycles. The van der Waals surface area contributed by atoms with Gasteiger partial charge in [-0.2, -0.15) is 0 Å². The molecule has 3 rings (SSSR count). The smallest absolute Gasteiger partial charge is 0.258 e. The van der Waals surface area contributed by atoms with Crippen molar-refractivity contribution in [2.75, 3.05) is 0 Å². The molecule has 22 heavy (non-hydrogen) atoms. The lowest BCUT2D eigenvalue weighted by molar-refractivity contribution is 0.522. The highest BCUT2D eigenvalue weighted by atomic mass is 32.2. The van der Waals surface area contributed by atoms with E-state index in [-0.39, 0.29) is 21.9 Å². The van der Waals surface area contributed by atoms with E-state index in [1.54, 1.807) is 19.2 Å². The molecule has 0 saturated carbocycles. The monoisotopic (exact) mass is 318 g/mol. The first kappa shape index (κ1) is 14.5. The number of furan rings is 1. The number of hydrogen-bond donors (Lipinski definition) is 0. The number of fused-ring (bicyclic) bond motifs is 1. The van der Waals surface area contributed by atoms with E-state index in [2.05, 4.69) is 4.98 Å². The molecule has 0 radical (unpaired) electrons. The van der Waals surface area contributed by atoms with Crippen molar-refractivity contribution in [1.29, 1.82) is 0 Å². The van der Waals surface area contributed by atoms with E-state index in [1.807, 2.05) is 13.0 Å². The zero-order valence-electron chi connectivity index (χ0n) is 12.1. The maximum absolute atomic E-state index is 12.4. The predicted molar refractivity (Wildman–Crippen MR) is 80.5 cm³/mol. The second kappa shape index (κ2) is 5.10. The van der Waals surface area contributed by atoms with E-state index >= 15 is 0 Å². The molecule has 0 N–H and O–H groups in total. The molecule has 7 heteroatoms. The number of rotatable bonds is 3. The number of pyridine rings is 1. The number of aromatic nitrogens is 2. The van der Waals surface area contributed by atoms with Gasteiger partial charge in [0.15, 0.2) is 9.84 Å². The first-order chi connectivity index (χ1) is 10.4. The Morgan fingerprint density at radius 1 is 1.27 bits per heavy atom. The molecule has 0 spiro atoms. The van der Waals surface area contributed by atoms with Gasteiger partial charge in [-0.15, -0.1) is 0 Å². The molecule has 0 atom stereocenters. The van der Waals surface area contributed by atoms with Crippen molar-refractivity contribution in [3.8, 4) is 0 Å². The van der Waals surface area contributed by atoms with Crippen LogP contribution in [0.5, 0.6) is 0 Å². The van der Waals surface area contributed by atoms with Crippen LogP contribution in [-0.4, -0.2) is 17.8 Å². The van der Waals surface area contributed by atoms with Crippen molar-refractivity contribution in [2.45, 2.75) is 24.5 Å². The van der Waals surface area contributed by atoms with Crippen LogP contribution in [0.25, 0.3) is 5.65 Å². The van der Waals surface area contributed by atoms with Crippen LogP contribution in [0.2, 0.25) is 0 Å². The van der Waals surface area contributed by atoms with Crippen molar-refractivity contribution in [2.24, 2.45) is 0 Å². The van der Waals surface area contributed by atoms with Crippen molar-refractivity contribution in [3.05, 3.63) is 64.1 Å². The Morgan fingerprint density at radius 3 is 2.73 bits per heavy atom. The summed E-state index contributed by atoms with van der Waals surface area (Å²) in [6, 6.07) is 6.22. The molecular weight excluding hydrogens is 304 g/mol. The minimum atomic E-state index is -3.60. The molecule has 0 aliphatic heterocycles. The summed E-state index contributed by atoms with van der Waals surface area (Å²) in [6.45, 7) is 3.40. The standard InChI is InChI=1S/C15H14N2O4S/c1-10-4-3-6-17-14(18)8-12(16-15(10)17)9-22(19,20)13-5-7-21-11(13)2/h3-8H,9H2,1-2H3. The van der Waals surface area contributed by atoms with Crippen LogP contribution in [-0.2, 0) is 15.6 Å². The van der Waals surface area contributed by atoms with E-state index in [0.717, 1.165) is 5.56 Å². The summed E-state index contributed by atoms with van der Waals surface area (Å²) in [6.07, 6.45) is 2.94. The number of hydrogen-bond acceptors (Lipinski definition) is 5. The summed E-state index contributed by atoms with van der Waals surface area (Å²) in [5, 5.41) is 0. The molecule has 0 saturated heterocycles. The van der Waals surface area contributed by atoms with Crippen LogP contribution in [0.4, 0.5) is 0 Å². The SMILES string of the molecule is Cc1occc1S(=O)(=O)Cc1cc(=O)n2cccc(C)c2n1. The molecule has 0 fully saturated rings. The Labute approximate surface area is 127 Å². The van der Waals surface area contributed by atoms with Crippen LogP contribution in [0, 0.1) is 13.8 Å². The Bertz CT molecular complexity index is 1020. The fraction of sp³-hybridized carbons (Fsp3) is 0.200. The van der Waals surface area contributed by atoms with Crippen LogP contribution < -0.4 is 5.56 Å². The second-order valence-corrected chi connectivity index (χ2v) is 7.03. The topological polar surface area (TPSA) is 81.6 Å². The van der Waals surface area contributed by atoms with Gasteiger partial charge in [0, 0.05) is 12.3 Å². The fourth-order valence-electron chi connectivity index (χ4n) is 2.35. The molecule has 0 bridgehead atoms. The molecule has 6 nitrogen and oxygen atoms in total. The average Bonchev–Trinajstić information content (AvgIpc) is 2.87. The van der Waals surface area contributed by atoms with Crippen molar-refractivity contribution < 1.29 is 12.8 Å². The third-order valence-electron chi connectivity index (χ3n) is 3.42. The van der Waals surface area contributed by atoms with Gasteiger partial charge < -0.3 is 4.42 Å². The van der Waals surface area contributed by atoms with Gasteiger partial charge in [-0.1, -0.05) is 6.07 Å². The van der Waals surface area contributed by atoms with Gasteiger partial charge >= 0.3 is 0 Å². The summed E-state index contributed by atoms with van der Waals surface area (Å²) in [7, 11) is -3.60. The Balaban J connectivity index is 2.11. The highest BCUT2D eigenvalue weighted by Crippen LogP contribution is 2.20. The van der Waals surface area contributed by atoms with E-state index in [9.17, 15) is 13.2 Å². The fourth-order valence-corrected chi connectivity index (χ4v) is 3.79. The zero-order chi connectivity index (χ0) is 15.9. The Hall–Kier alpha value is -2.41. The van der Waals surface area contributed by atoms with Crippen LogP contribution in [0.15, 0.2) is 50.8 Å². The first-order valence-electron chi connectivity index (χ1n) is 6.63. The highest BCUT2D eigenvalue weighted by Gasteiger charge is 2.21. The second-order valence-electron chi connectivity index (χ2n) is 5.07. The van der Waals surface area contributed by atoms with Gasteiger partial charge in [-0.05, 0) is 31.5 Å². The minimum Gasteiger partial charge on any atom is -0.468 e. The summed E-state index contributed by atoms with van der Waals surface area (Å²) >= 11 is 0. The van der Waals surface area contributed by atoms with Gasteiger partial charge in [-0.25, -0.2) is 13.4 Å². The van der Waals surface area contributed by atoms with Crippen molar-refractivity contribution >= 4 is 15.5 Å². The Kier molecular flexibility index (Phi) is 3.37. The van der Waals surface area contributed by atoms with Gasteiger partial charge in [0.1, 0.15) is 16.3 Å². The van der Waals surface area contributed by atoms with Gasteiger partial charge in [0.2, 0.25) is 0 Å². The highest BCUT2D eigenvalue weighted by molar-refractivity contribution is 7.90. The molecule has 3 aromatic heterocycles. The maximum atomic E-state index is 12.4. The molecule has 3 aromatic rings. The first-order valence-corrected chi connectivity index (χ1v) is 8.28. The molecule has 0 aliphatic carbocycles. The van der Waals surface area contributed by atoms with Crippen molar-refractivity contribution in [1.82, 2.24) is 9.38 Å². The summed E-state index contributed by atoms with van der Waals surface area (Å²) in [4.78, 5) is 16.5. The number of sulfone groups is 1. The third-order valence-corrected chi connectivity index (χ3v) is 5.19. The molecule has 0 aromatic carbocycles. The average molecular weight is 318 g/mol. The van der Waals surface area contributed by atoms with Crippen LogP contribution in [0.3, 0.4) is 0 Å². The number of nitrogens with zero attached hydrogens (tertiary/aromatic N) is 2. The van der Waals surface area contributed by atoms with Gasteiger partial charge in [0.05, 0.1) is 17.7 Å². The van der Waals surface area contributed by atoms with Crippen molar-refractivity contribution in [3.63, 3.8) is 0 Å².